The van der Waals surface area contributed by atoms with E-state index in [0.717, 1.165) is 0 Å². The third-order valence-corrected chi connectivity index (χ3v) is 1.46. The average molecular weight is 172 g/mol. The molecule has 0 aliphatic rings. The van der Waals surface area contributed by atoms with E-state index in [1.165, 1.54) is 0 Å². The van der Waals surface area contributed by atoms with Crippen LogP contribution in [0.25, 0.3) is 0 Å². The molecule has 0 aromatic heterocycles. The van der Waals surface area contributed by atoms with Crippen LogP contribution in [0.3, 0.4) is 0 Å². The monoisotopic (exact) mass is 172 g/mol. The summed E-state index contributed by atoms with van der Waals surface area (Å²) in [5, 5.41) is 0. The number of rotatable bonds is 5. The standard InChI is InChI=1S/C7H12F4/c1-2-3-4-7(10,11)6(9)5-8/h6H,2-5H2,1H3/t6-/m0/s1. The van der Waals surface area contributed by atoms with Gasteiger partial charge in [0, 0.05) is 6.42 Å². The van der Waals surface area contributed by atoms with Gasteiger partial charge in [0.05, 0.1) is 0 Å². The van der Waals surface area contributed by atoms with E-state index in [9.17, 15) is 17.6 Å². The molecule has 0 spiro atoms. The van der Waals surface area contributed by atoms with E-state index >= 15 is 0 Å². The van der Waals surface area contributed by atoms with Gasteiger partial charge in [0.25, 0.3) is 5.92 Å². The van der Waals surface area contributed by atoms with E-state index in [2.05, 4.69) is 0 Å². The van der Waals surface area contributed by atoms with Crippen molar-refractivity contribution in [2.24, 2.45) is 0 Å². The maximum atomic E-state index is 12.4. The molecule has 0 nitrogen and oxygen atoms in total. The lowest BCUT2D eigenvalue weighted by Gasteiger charge is -2.17. The van der Waals surface area contributed by atoms with Crippen LogP contribution in [-0.4, -0.2) is 18.8 Å². The lowest BCUT2D eigenvalue weighted by Crippen LogP contribution is -2.31. The van der Waals surface area contributed by atoms with Gasteiger partial charge in [-0.1, -0.05) is 13.3 Å². The van der Waals surface area contributed by atoms with Crippen LogP contribution in [0.5, 0.6) is 0 Å². The second-order valence-electron chi connectivity index (χ2n) is 2.49. The molecule has 0 radical (unpaired) electrons. The van der Waals surface area contributed by atoms with Crippen molar-refractivity contribution in [2.75, 3.05) is 6.67 Å². The van der Waals surface area contributed by atoms with Crippen molar-refractivity contribution in [1.82, 2.24) is 0 Å². The molecule has 0 N–H and O–H groups in total. The van der Waals surface area contributed by atoms with Crippen molar-refractivity contribution < 1.29 is 17.6 Å². The molecule has 0 fully saturated rings. The van der Waals surface area contributed by atoms with Crippen LogP contribution in [0.4, 0.5) is 17.6 Å². The molecule has 11 heavy (non-hydrogen) atoms. The van der Waals surface area contributed by atoms with E-state index in [1.807, 2.05) is 0 Å². The van der Waals surface area contributed by atoms with Gasteiger partial charge in [-0.3, -0.25) is 0 Å². The number of hydrogen-bond donors (Lipinski definition) is 0. The highest BCUT2D eigenvalue weighted by atomic mass is 19.3. The van der Waals surface area contributed by atoms with E-state index in [-0.39, 0.29) is 6.42 Å². The van der Waals surface area contributed by atoms with Gasteiger partial charge >= 0.3 is 0 Å². The largest absolute Gasteiger partial charge is 0.281 e. The van der Waals surface area contributed by atoms with Crippen molar-refractivity contribution in [3.8, 4) is 0 Å². The molecule has 0 amide bonds. The van der Waals surface area contributed by atoms with E-state index < -0.39 is 25.2 Å². The minimum Gasteiger partial charge on any atom is -0.248 e. The van der Waals surface area contributed by atoms with Gasteiger partial charge in [-0.25, -0.2) is 17.6 Å². The zero-order valence-electron chi connectivity index (χ0n) is 6.42. The average Bonchev–Trinajstić information content (AvgIpc) is 1.99. The van der Waals surface area contributed by atoms with Crippen molar-refractivity contribution in [1.29, 1.82) is 0 Å². The van der Waals surface area contributed by atoms with Crippen LogP contribution < -0.4 is 0 Å². The Morgan fingerprint density at radius 2 is 1.91 bits per heavy atom. The van der Waals surface area contributed by atoms with Gasteiger partial charge in [0.15, 0.2) is 6.17 Å². The molecule has 0 heterocycles. The Morgan fingerprint density at radius 3 is 2.27 bits per heavy atom. The molecular weight excluding hydrogens is 160 g/mol. The second kappa shape index (κ2) is 4.57. The first kappa shape index (κ1) is 10.7. The zero-order valence-corrected chi connectivity index (χ0v) is 6.42. The lowest BCUT2D eigenvalue weighted by atomic mass is 10.1. The van der Waals surface area contributed by atoms with Gasteiger partial charge < -0.3 is 0 Å². The Balaban J connectivity index is 3.77. The Hall–Kier alpha value is -0.280. The van der Waals surface area contributed by atoms with Crippen LogP contribution in [0.2, 0.25) is 0 Å². The second-order valence-corrected chi connectivity index (χ2v) is 2.49. The highest BCUT2D eigenvalue weighted by Crippen LogP contribution is 2.27. The van der Waals surface area contributed by atoms with Gasteiger partial charge in [0.1, 0.15) is 6.67 Å². The van der Waals surface area contributed by atoms with Crippen LogP contribution in [0, 0.1) is 0 Å². The molecule has 0 aromatic rings. The minimum atomic E-state index is -3.48. The fraction of sp³-hybridized carbons (Fsp3) is 1.00. The predicted octanol–water partition coefficient (Wildman–Crippen LogP) is 3.12. The van der Waals surface area contributed by atoms with Gasteiger partial charge in [-0.15, -0.1) is 0 Å². The number of alkyl halides is 4. The minimum absolute atomic E-state index is 0.230. The van der Waals surface area contributed by atoms with Crippen molar-refractivity contribution >= 4 is 0 Å². The summed E-state index contributed by atoms with van der Waals surface area (Å²) in [7, 11) is 0. The molecule has 1 atom stereocenters. The summed E-state index contributed by atoms with van der Waals surface area (Å²) >= 11 is 0. The molecule has 0 saturated carbocycles. The summed E-state index contributed by atoms with van der Waals surface area (Å²) in [6.45, 7) is 0.121. The van der Waals surface area contributed by atoms with E-state index in [1.54, 1.807) is 6.92 Å². The van der Waals surface area contributed by atoms with Crippen LogP contribution >= 0.6 is 0 Å². The number of unbranched alkanes of at least 4 members (excludes halogenated alkanes) is 1. The quantitative estimate of drug-likeness (QED) is 0.559. The summed E-state index contributed by atoms with van der Waals surface area (Å²) < 4.78 is 48.3. The normalized spacial score (nSPS) is 15.0. The fourth-order valence-electron chi connectivity index (χ4n) is 0.682. The Kier molecular flexibility index (Phi) is 4.45. The molecule has 0 aliphatic carbocycles. The molecule has 0 saturated heterocycles. The van der Waals surface area contributed by atoms with Crippen LogP contribution in [0.15, 0.2) is 0 Å². The number of halogens is 4. The third-order valence-electron chi connectivity index (χ3n) is 1.46. The Bertz CT molecular complexity index is 103. The highest BCUT2D eigenvalue weighted by Gasteiger charge is 2.38. The molecule has 0 unspecified atom stereocenters. The third kappa shape index (κ3) is 3.58. The maximum Gasteiger partial charge on any atom is 0.281 e. The first-order valence-corrected chi connectivity index (χ1v) is 3.62. The van der Waals surface area contributed by atoms with Gasteiger partial charge in [0.2, 0.25) is 0 Å². The van der Waals surface area contributed by atoms with Crippen molar-refractivity contribution in [3.63, 3.8) is 0 Å². The molecule has 0 bridgehead atoms. The summed E-state index contributed by atoms with van der Waals surface area (Å²) in [4.78, 5) is 0. The molecule has 68 valence electrons. The first-order valence-electron chi connectivity index (χ1n) is 3.62. The molecular formula is C7H12F4. The summed E-state index contributed by atoms with van der Waals surface area (Å²) in [6.07, 6.45) is -2.40. The number of hydrogen-bond acceptors (Lipinski definition) is 0. The predicted molar refractivity (Wildman–Crippen MR) is 35.3 cm³/mol. The van der Waals surface area contributed by atoms with Crippen molar-refractivity contribution in [3.05, 3.63) is 0 Å². The highest BCUT2D eigenvalue weighted by molar-refractivity contribution is 4.75. The van der Waals surface area contributed by atoms with E-state index in [4.69, 9.17) is 0 Å². The summed E-state index contributed by atoms with van der Waals surface area (Å²) in [5.41, 5.74) is 0. The first-order chi connectivity index (χ1) is 5.04. The SMILES string of the molecule is CCCCC(F)(F)[C@@H](F)CF. The zero-order chi connectivity index (χ0) is 8.91. The van der Waals surface area contributed by atoms with Crippen LogP contribution in [-0.2, 0) is 0 Å². The fourth-order valence-corrected chi connectivity index (χ4v) is 0.682. The van der Waals surface area contributed by atoms with Crippen molar-refractivity contribution in [2.45, 2.75) is 38.3 Å². The summed E-state index contributed by atoms with van der Waals surface area (Å²) in [6, 6.07) is 0. The van der Waals surface area contributed by atoms with Gasteiger partial charge in [-0.05, 0) is 6.42 Å². The van der Waals surface area contributed by atoms with E-state index in [0.29, 0.717) is 6.42 Å². The molecule has 0 aliphatic heterocycles. The summed E-state index contributed by atoms with van der Waals surface area (Å²) in [5.74, 6) is -3.48. The maximum absolute atomic E-state index is 12.4. The molecule has 0 aromatic carbocycles. The Morgan fingerprint density at radius 1 is 1.36 bits per heavy atom. The molecule has 0 rings (SSSR count). The molecule has 4 heteroatoms. The lowest BCUT2D eigenvalue weighted by molar-refractivity contribution is -0.0862. The Labute approximate surface area is 63.6 Å². The van der Waals surface area contributed by atoms with Crippen LogP contribution in [0.1, 0.15) is 26.2 Å². The smallest absolute Gasteiger partial charge is 0.248 e. The van der Waals surface area contributed by atoms with Gasteiger partial charge in [-0.2, -0.15) is 0 Å². The topological polar surface area (TPSA) is 0 Å².